The van der Waals surface area contributed by atoms with E-state index in [-0.39, 0.29) is 23.4 Å². The molecule has 2 aromatic rings. The molecule has 2 aromatic heterocycles. The Morgan fingerprint density at radius 1 is 1.27 bits per heavy atom. The fraction of sp³-hybridized carbons (Fsp3) is 0.579. The third-order valence-corrected chi connectivity index (χ3v) is 4.62. The predicted octanol–water partition coefficient (Wildman–Crippen LogP) is 2.12. The van der Waals surface area contributed by atoms with Crippen molar-refractivity contribution in [2.75, 3.05) is 6.54 Å². The first kappa shape index (κ1) is 18.4. The highest BCUT2D eigenvalue weighted by molar-refractivity contribution is 5.76. The molecular weight excluding hydrogens is 332 g/mol. The minimum Gasteiger partial charge on any atom is -0.445 e. The van der Waals surface area contributed by atoms with E-state index in [4.69, 9.17) is 4.42 Å². The number of nitrogens with zero attached hydrogens (tertiary/aromatic N) is 4. The molecular formula is C19H26N4O3. The second kappa shape index (κ2) is 6.70. The largest absolute Gasteiger partial charge is 0.445 e. The quantitative estimate of drug-likeness (QED) is 0.839. The fourth-order valence-corrected chi connectivity index (χ4v) is 3.14. The monoisotopic (exact) mass is 358 g/mol. The Hall–Kier alpha value is -2.44. The highest BCUT2D eigenvalue weighted by atomic mass is 16.4. The lowest BCUT2D eigenvalue weighted by Crippen LogP contribution is -2.37. The van der Waals surface area contributed by atoms with Crippen LogP contribution in [0.25, 0.3) is 0 Å². The summed E-state index contributed by atoms with van der Waals surface area (Å²) >= 11 is 0. The molecule has 0 atom stereocenters. The summed E-state index contributed by atoms with van der Waals surface area (Å²) in [6.45, 7) is 11.2. The van der Waals surface area contributed by atoms with E-state index in [1.807, 2.05) is 13.0 Å². The molecule has 3 heterocycles. The predicted molar refractivity (Wildman–Crippen MR) is 96.9 cm³/mol. The van der Waals surface area contributed by atoms with Crippen LogP contribution in [-0.2, 0) is 29.7 Å². The van der Waals surface area contributed by atoms with Crippen LogP contribution in [0.3, 0.4) is 0 Å². The van der Waals surface area contributed by atoms with Crippen LogP contribution in [0.2, 0.25) is 0 Å². The third kappa shape index (κ3) is 3.71. The number of aromatic nitrogens is 3. The van der Waals surface area contributed by atoms with Crippen molar-refractivity contribution in [3.63, 3.8) is 0 Å². The summed E-state index contributed by atoms with van der Waals surface area (Å²) in [5, 5.41) is 0. The zero-order valence-electron chi connectivity index (χ0n) is 16.1. The van der Waals surface area contributed by atoms with Gasteiger partial charge < -0.3 is 9.32 Å². The first-order valence-electron chi connectivity index (χ1n) is 8.97. The highest BCUT2D eigenvalue weighted by Crippen LogP contribution is 2.27. The first-order valence-corrected chi connectivity index (χ1v) is 8.97. The molecule has 140 valence electrons. The molecule has 0 saturated carbocycles. The van der Waals surface area contributed by atoms with Crippen LogP contribution in [0.4, 0.5) is 0 Å². The maximum absolute atomic E-state index is 12.6. The Bertz CT molecular complexity index is 889. The van der Waals surface area contributed by atoms with Gasteiger partial charge in [0.15, 0.2) is 5.89 Å². The van der Waals surface area contributed by atoms with Crippen molar-refractivity contribution in [3.8, 4) is 0 Å². The lowest BCUT2D eigenvalue weighted by molar-refractivity contribution is -0.132. The van der Waals surface area contributed by atoms with E-state index in [2.05, 4.69) is 30.7 Å². The van der Waals surface area contributed by atoms with Crippen molar-refractivity contribution < 1.29 is 9.21 Å². The first-order chi connectivity index (χ1) is 12.1. The Labute approximate surface area is 153 Å². The summed E-state index contributed by atoms with van der Waals surface area (Å²) in [4.78, 5) is 34.9. The van der Waals surface area contributed by atoms with Gasteiger partial charge in [0, 0.05) is 42.7 Å². The molecule has 0 aliphatic carbocycles. The van der Waals surface area contributed by atoms with Crippen LogP contribution < -0.4 is 5.69 Å². The molecule has 3 rings (SSSR count). The van der Waals surface area contributed by atoms with Gasteiger partial charge in [-0.25, -0.2) is 9.78 Å². The molecule has 1 aliphatic rings. The number of carbonyl (C=O) groups excluding carboxylic acids is 1. The SMILES string of the molecule is Cc1cc(C)n(CCC(=O)N2CCc3oc(C(C)(C)C)nc3C2)c(=O)n1. The highest BCUT2D eigenvalue weighted by Gasteiger charge is 2.29. The number of amides is 1. The molecule has 7 nitrogen and oxygen atoms in total. The maximum atomic E-state index is 12.6. The van der Waals surface area contributed by atoms with Crippen molar-refractivity contribution in [1.82, 2.24) is 19.4 Å². The summed E-state index contributed by atoms with van der Waals surface area (Å²) in [6, 6.07) is 1.85. The molecule has 0 aromatic carbocycles. The van der Waals surface area contributed by atoms with Crippen LogP contribution in [0.15, 0.2) is 15.3 Å². The lowest BCUT2D eigenvalue weighted by atomic mass is 9.97. The molecule has 1 amide bonds. The van der Waals surface area contributed by atoms with Gasteiger partial charge in [0.2, 0.25) is 5.91 Å². The van der Waals surface area contributed by atoms with E-state index >= 15 is 0 Å². The molecule has 0 bridgehead atoms. The molecule has 0 spiro atoms. The number of hydrogen-bond donors (Lipinski definition) is 0. The van der Waals surface area contributed by atoms with E-state index in [9.17, 15) is 9.59 Å². The molecule has 26 heavy (non-hydrogen) atoms. The second-order valence-corrected chi connectivity index (χ2v) is 7.93. The summed E-state index contributed by atoms with van der Waals surface area (Å²) in [5.41, 5.74) is 1.91. The molecule has 1 aliphatic heterocycles. The van der Waals surface area contributed by atoms with Crippen molar-refractivity contribution in [3.05, 3.63) is 45.3 Å². The molecule has 0 N–H and O–H groups in total. The molecule has 0 unspecified atom stereocenters. The Kier molecular flexibility index (Phi) is 4.73. The number of rotatable bonds is 3. The fourth-order valence-electron chi connectivity index (χ4n) is 3.14. The summed E-state index contributed by atoms with van der Waals surface area (Å²) < 4.78 is 7.42. The summed E-state index contributed by atoms with van der Waals surface area (Å²) in [5.74, 6) is 1.61. The van der Waals surface area contributed by atoms with Gasteiger partial charge in [-0.15, -0.1) is 0 Å². The Balaban J connectivity index is 1.67. The average molecular weight is 358 g/mol. The standard InChI is InChI=1S/C19H26N4O3/c1-12-10-13(2)23(18(25)20-12)9-7-16(24)22-8-6-15-14(11-22)21-17(26-15)19(3,4)5/h10H,6-9,11H2,1-5H3. The average Bonchev–Trinajstić information content (AvgIpc) is 2.97. The van der Waals surface area contributed by atoms with E-state index < -0.39 is 0 Å². The molecule has 0 radical (unpaired) electrons. The van der Waals surface area contributed by atoms with E-state index in [0.29, 0.717) is 37.6 Å². The molecule has 0 saturated heterocycles. The topological polar surface area (TPSA) is 81.2 Å². The van der Waals surface area contributed by atoms with Crippen molar-refractivity contribution in [2.24, 2.45) is 0 Å². The Morgan fingerprint density at radius 2 is 2.00 bits per heavy atom. The smallest absolute Gasteiger partial charge is 0.347 e. The minimum atomic E-state index is -0.303. The van der Waals surface area contributed by atoms with Crippen molar-refractivity contribution in [2.45, 2.75) is 66.0 Å². The van der Waals surface area contributed by atoms with Crippen molar-refractivity contribution in [1.29, 1.82) is 0 Å². The van der Waals surface area contributed by atoms with Gasteiger partial charge in [-0.1, -0.05) is 20.8 Å². The minimum absolute atomic E-state index is 0.0165. The number of oxazole rings is 1. The van der Waals surface area contributed by atoms with Crippen LogP contribution in [0.1, 0.15) is 55.9 Å². The van der Waals surface area contributed by atoms with E-state index in [0.717, 1.165) is 17.1 Å². The van der Waals surface area contributed by atoms with Gasteiger partial charge in [0.05, 0.1) is 6.54 Å². The van der Waals surface area contributed by atoms with Crippen LogP contribution >= 0.6 is 0 Å². The summed E-state index contributed by atoms with van der Waals surface area (Å²) in [6.07, 6.45) is 0.944. The van der Waals surface area contributed by atoms with E-state index in [1.54, 1.807) is 16.4 Å². The zero-order chi connectivity index (χ0) is 19.1. The van der Waals surface area contributed by atoms with Gasteiger partial charge in [-0.3, -0.25) is 9.36 Å². The normalized spacial score (nSPS) is 14.4. The van der Waals surface area contributed by atoms with Gasteiger partial charge in [0.25, 0.3) is 0 Å². The lowest BCUT2D eigenvalue weighted by Gasteiger charge is -2.25. The number of carbonyl (C=O) groups is 1. The van der Waals surface area contributed by atoms with Crippen LogP contribution in [0, 0.1) is 13.8 Å². The summed E-state index contributed by atoms with van der Waals surface area (Å²) in [7, 11) is 0. The molecule has 7 heteroatoms. The zero-order valence-corrected chi connectivity index (χ0v) is 16.1. The van der Waals surface area contributed by atoms with Crippen molar-refractivity contribution >= 4 is 5.91 Å². The number of hydrogen-bond acceptors (Lipinski definition) is 5. The van der Waals surface area contributed by atoms with Crippen LogP contribution in [-0.4, -0.2) is 31.9 Å². The van der Waals surface area contributed by atoms with Gasteiger partial charge >= 0.3 is 5.69 Å². The second-order valence-electron chi connectivity index (χ2n) is 7.93. The van der Waals surface area contributed by atoms with Gasteiger partial charge in [-0.05, 0) is 19.9 Å². The molecule has 0 fully saturated rings. The van der Waals surface area contributed by atoms with Crippen LogP contribution in [0.5, 0.6) is 0 Å². The maximum Gasteiger partial charge on any atom is 0.347 e. The third-order valence-electron chi connectivity index (χ3n) is 4.62. The number of fused-ring (bicyclic) bond motifs is 1. The van der Waals surface area contributed by atoms with Gasteiger partial charge in [0.1, 0.15) is 11.5 Å². The number of aryl methyl sites for hydroxylation is 2. The Morgan fingerprint density at radius 3 is 2.65 bits per heavy atom. The van der Waals surface area contributed by atoms with Gasteiger partial charge in [-0.2, -0.15) is 4.98 Å². The van der Waals surface area contributed by atoms with E-state index in [1.165, 1.54) is 0 Å².